The molecule has 1 aromatic heterocycles. The molecule has 0 atom stereocenters. The molecule has 1 aliphatic carbocycles. The van der Waals surface area contributed by atoms with Crippen molar-refractivity contribution in [1.29, 1.82) is 0 Å². The number of hydrogen-bond acceptors (Lipinski definition) is 4. The van der Waals surface area contributed by atoms with Crippen LogP contribution in [0.5, 0.6) is 0 Å². The average Bonchev–Trinajstić information content (AvgIpc) is 3.16. The number of alkyl halides is 3. The van der Waals surface area contributed by atoms with Gasteiger partial charge in [0, 0.05) is 12.6 Å². The van der Waals surface area contributed by atoms with Crippen LogP contribution < -0.4 is 10.9 Å². The van der Waals surface area contributed by atoms with Gasteiger partial charge in [0.05, 0.1) is 23.5 Å². The first-order valence-electron chi connectivity index (χ1n) is 8.88. The van der Waals surface area contributed by atoms with E-state index in [1.807, 2.05) is 0 Å². The normalized spacial score (nSPS) is 18.3. The first kappa shape index (κ1) is 18.2. The maximum absolute atomic E-state index is 13.1. The minimum absolute atomic E-state index is 0.0693. The predicted octanol–water partition coefficient (Wildman–Crippen LogP) is 4.04. The highest BCUT2D eigenvalue weighted by Gasteiger charge is 2.32. The van der Waals surface area contributed by atoms with Crippen molar-refractivity contribution in [3.05, 3.63) is 50.5 Å². The molecule has 0 unspecified atom stereocenters. The van der Waals surface area contributed by atoms with E-state index in [2.05, 4.69) is 15.2 Å². The average molecular weight is 396 g/mol. The molecule has 5 nitrogen and oxygen atoms in total. The van der Waals surface area contributed by atoms with Crippen molar-refractivity contribution in [2.45, 2.75) is 44.4 Å². The summed E-state index contributed by atoms with van der Waals surface area (Å²) in [7, 11) is 0. The molecule has 0 bridgehead atoms. The molecular formula is C18H19F3N4OS. The Morgan fingerprint density at radius 3 is 2.63 bits per heavy atom. The highest BCUT2D eigenvalue weighted by Crippen LogP contribution is 2.33. The van der Waals surface area contributed by atoms with Crippen molar-refractivity contribution in [2.24, 2.45) is 0 Å². The number of fused-ring (bicyclic) bond motifs is 1. The second kappa shape index (κ2) is 6.79. The summed E-state index contributed by atoms with van der Waals surface area (Å²) in [6.07, 6.45) is 0.107. The third-order valence-electron chi connectivity index (χ3n) is 5.29. The van der Waals surface area contributed by atoms with Gasteiger partial charge >= 0.3 is 6.18 Å². The van der Waals surface area contributed by atoms with E-state index in [-0.39, 0.29) is 16.0 Å². The van der Waals surface area contributed by atoms with Crippen LogP contribution in [-0.2, 0) is 12.7 Å². The zero-order chi connectivity index (χ0) is 19.2. The zero-order valence-corrected chi connectivity index (χ0v) is 15.3. The summed E-state index contributed by atoms with van der Waals surface area (Å²) < 4.78 is 40.8. The van der Waals surface area contributed by atoms with Crippen molar-refractivity contribution in [2.75, 3.05) is 12.0 Å². The lowest BCUT2D eigenvalue weighted by Crippen LogP contribution is -2.43. The largest absolute Gasteiger partial charge is 0.416 e. The van der Waals surface area contributed by atoms with Crippen molar-refractivity contribution >= 4 is 18.0 Å². The summed E-state index contributed by atoms with van der Waals surface area (Å²) >= 11 is 5.25. The number of anilines is 1. The number of nitrogens with one attached hydrogen (secondary N) is 2. The number of benzene rings is 1. The van der Waals surface area contributed by atoms with Crippen LogP contribution in [0.4, 0.5) is 19.0 Å². The quantitative estimate of drug-likeness (QED) is 0.753. The number of H-pyrrole nitrogens is 1. The minimum atomic E-state index is -4.45. The van der Waals surface area contributed by atoms with Gasteiger partial charge in [-0.05, 0) is 43.3 Å². The van der Waals surface area contributed by atoms with Crippen LogP contribution in [0.2, 0.25) is 0 Å². The van der Waals surface area contributed by atoms with Gasteiger partial charge in [0.25, 0.3) is 5.56 Å². The van der Waals surface area contributed by atoms with Crippen LogP contribution in [0.1, 0.15) is 36.8 Å². The Labute approximate surface area is 158 Å². The van der Waals surface area contributed by atoms with Gasteiger partial charge in [-0.1, -0.05) is 18.9 Å². The van der Waals surface area contributed by atoms with Gasteiger partial charge in [0.2, 0.25) is 0 Å². The lowest BCUT2D eigenvalue weighted by molar-refractivity contribution is -0.137. The van der Waals surface area contributed by atoms with E-state index in [4.69, 9.17) is 12.2 Å². The predicted molar refractivity (Wildman–Crippen MR) is 98.5 cm³/mol. The van der Waals surface area contributed by atoms with E-state index in [1.54, 1.807) is 6.07 Å². The molecule has 0 saturated heterocycles. The number of halogens is 3. The topological polar surface area (TPSA) is 53.1 Å². The summed E-state index contributed by atoms with van der Waals surface area (Å²) in [6.45, 7) is 0.992. The molecule has 0 spiro atoms. The Morgan fingerprint density at radius 1 is 1.19 bits per heavy atom. The molecular weight excluding hydrogens is 377 g/mol. The van der Waals surface area contributed by atoms with E-state index in [0.29, 0.717) is 30.6 Å². The molecule has 1 fully saturated rings. The molecule has 4 rings (SSSR count). The Bertz CT molecular complexity index is 976. The van der Waals surface area contributed by atoms with Crippen LogP contribution in [0.25, 0.3) is 5.69 Å². The fraction of sp³-hybridized carbons (Fsp3) is 0.444. The Kier molecular flexibility index (Phi) is 4.59. The first-order valence-corrected chi connectivity index (χ1v) is 9.29. The molecule has 27 heavy (non-hydrogen) atoms. The Balaban J connectivity index is 1.79. The van der Waals surface area contributed by atoms with Gasteiger partial charge in [0.15, 0.2) is 4.77 Å². The third-order valence-corrected chi connectivity index (χ3v) is 5.58. The number of nitrogens with zero attached hydrogens (tertiary/aromatic N) is 2. The summed E-state index contributed by atoms with van der Waals surface area (Å²) in [5.74, 6) is 0.470. The summed E-state index contributed by atoms with van der Waals surface area (Å²) in [5, 5.41) is 3.22. The zero-order valence-electron chi connectivity index (χ0n) is 14.5. The Morgan fingerprint density at radius 2 is 1.93 bits per heavy atom. The van der Waals surface area contributed by atoms with E-state index in [1.165, 1.54) is 23.5 Å². The molecule has 144 valence electrons. The van der Waals surface area contributed by atoms with Crippen LogP contribution >= 0.6 is 12.2 Å². The fourth-order valence-electron chi connectivity index (χ4n) is 3.94. The number of hydrogen-bond donors (Lipinski definition) is 2. The minimum Gasteiger partial charge on any atom is -0.358 e. The lowest BCUT2D eigenvalue weighted by atomic mass is 10.1. The number of aromatic nitrogens is 2. The molecule has 0 amide bonds. The molecule has 1 aromatic carbocycles. The molecule has 2 heterocycles. The van der Waals surface area contributed by atoms with E-state index in [0.717, 1.165) is 25.0 Å². The van der Waals surface area contributed by atoms with Crippen molar-refractivity contribution in [1.82, 2.24) is 14.5 Å². The summed E-state index contributed by atoms with van der Waals surface area (Å²) in [5.41, 5.74) is -0.290. The molecule has 1 saturated carbocycles. The second-order valence-electron chi connectivity index (χ2n) is 6.99. The van der Waals surface area contributed by atoms with Crippen LogP contribution in [0.3, 0.4) is 0 Å². The maximum atomic E-state index is 13.1. The van der Waals surface area contributed by atoms with Gasteiger partial charge in [-0.3, -0.25) is 19.2 Å². The molecule has 2 aliphatic rings. The third kappa shape index (κ3) is 3.41. The Hall–Kier alpha value is -2.13. The van der Waals surface area contributed by atoms with Gasteiger partial charge in [-0.25, -0.2) is 0 Å². The van der Waals surface area contributed by atoms with E-state index < -0.39 is 11.7 Å². The van der Waals surface area contributed by atoms with Crippen LogP contribution in [0, 0.1) is 4.77 Å². The summed E-state index contributed by atoms with van der Waals surface area (Å²) in [6, 6.07) is 5.37. The number of aromatic amines is 1. The standard InChI is InChI=1S/C18H19F3N4OS/c19-18(20,21)11-4-3-7-13(8-11)25-15-14(16(26)23-17(25)27)9-24(10-22-15)12-5-1-2-6-12/h3-4,7-8,12,22H,1-2,5-6,9-10H2,(H,23,26,27). The molecule has 2 aromatic rings. The molecule has 2 N–H and O–H groups in total. The second-order valence-corrected chi connectivity index (χ2v) is 7.38. The van der Waals surface area contributed by atoms with Gasteiger partial charge in [-0.15, -0.1) is 0 Å². The highest BCUT2D eigenvalue weighted by atomic mass is 32.1. The lowest BCUT2D eigenvalue weighted by Gasteiger charge is -2.35. The molecule has 0 radical (unpaired) electrons. The number of rotatable bonds is 2. The van der Waals surface area contributed by atoms with E-state index in [9.17, 15) is 18.0 Å². The van der Waals surface area contributed by atoms with Crippen molar-refractivity contribution in [3.8, 4) is 5.69 Å². The SMILES string of the molecule is O=c1[nH]c(=S)n(-c2cccc(C(F)(F)F)c2)c2c1CN(C1CCCC1)CN2. The maximum Gasteiger partial charge on any atom is 0.416 e. The van der Waals surface area contributed by atoms with Crippen molar-refractivity contribution < 1.29 is 13.2 Å². The van der Waals surface area contributed by atoms with Gasteiger partial charge in [0.1, 0.15) is 5.82 Å². The molecule has 1 aliphatic heterocycles. The van der Waals surface area contributed by atoms with Crippen LogP contribution in [-0.4, -0.2) is 27.2 Å². The summed E-state index contributed by atoms with van der Waals surface area (Å²) in [4.78, 5) is 17.3. The molecule has 9 heteroatoms. The first-order chi connectivity index (χ1) is 12.8. The smallest absolute Gasteiger partial charge is 0.358 e. The van der Waals surface area contributed by atoms with E-state index >= 15 is 0 Å². The van der Waals surface area contributed by atoms with Gasteiger partial charge in [-0.2, -0.15) is 13.2 Å². The van der Waals surface area contributed by atoms with Crippen LogP contribution in [0.15, 0.2) is 29.1 Å². The fourth-order valence-corrected chi connectivity index (χ4v) is 4.23. The monoisotopic (exact) mass is 396 g/mol. The highest BCUT2D eigenvalue weighted by molar-refractivity contribution is 7.71. The van der Waals surface area contributed by atoms with Crippen molar-refractivity contribution in [3.63, 3.8) is 0 Å². The van der Waals surface area contributed by atoms with Gasteiger partial charge < -0.3 is 5.32 Å².